The zero-order valence-electron chi connectivity index (χ0n) is 27.8. The number of hydrogen-bond acceptors (Lipinski definition) is 10. The van der Waals surface area contributed by atoms with E-state index in [1.54, 1.807) is 62.4 Å². The minimum absolute atomic E-state index is 0.0397. The van der Waals surface area contributed by atoms with Crippen molar-refractivity contribution in [1.29, 1.82) is 0 Å². The first-order valence-corrected chi connectivity index (χ1v) is 19.3. The molecule has 0 saturated heterocycles. The van der Waals surface area contributed by atoms with E-state index in [0.717, 1.165) is 32.6 Å². The average Bonchev–Trinajstić information content (AvgIpc) is 3.12. The molecule has 50 heavy (non-hydrogen) atoms. The van der Waals surface area contributed by atoms with Gasteiger partial charge in [0.2, 0.25) is 0 Å². The Morgan fingerprint density at radius 2 is 1.06 bits per heavy atom. The largest absolute Gasteiger partial charge is 0.493 e. The molecule has 0 fully saturated rings. The van der Waals surface area contributed by atoms with Gasteiger partial charge in [0.15, 0.2) is 0 Å². The fourth-order valence-corrected chi connectivity index (χ4v) is 9.16. The zero-order valence-corrected chi connectivity index (χ0v) is 29.4. The third kappa shape index (κ3) is 6.94. The van der Waals surface area contributed by atoms with Gasteiger partial charge in [-0.25, -0.2) is 16.8 Å². The minimum Gasteiger partial charge on any atom is -0.493 e. The summed E-state index contributed by atoms with van der Waals surface area (Å²) in [5.74, 6) is -0.325. The summed E-state index contributed by atoms with van der Waals surface area (Å²) in [4.78, 5) is 25.8. The second-order valence-corrected chi connectivity index (χ2v) is 15.5. The number of benzene rings is 4. The van der Waals surface area contributed by atoms with Crippen molar-refractivity contribution in [2.45, 2.75) is 49.3 Å². The normalized spacial score (nSPS) is 14.0. The number of hydrogen-bond donors (Lipinski definition) is 0. The average molecular weight is 723 g/mol. The van der Waals surface area contributed by atoms with Crippen molar-refractivity contribution in [3.8, 4) is 11.5 Å². The lowest BCUT2D eigenvalue weighted by Crippen LogP contribution is -2.38. The predicted molar refractivity (Wildman–Crippen MR) is 187 cm³/mol. The summed E-state index contributed by atoms with van der Waals surface area (Å²) in [7, 11) is -8.75. The van der Waals surface area contributed by atoms with Crippen LogP contribution in [0.25, 0.3) is 10.8 Å². The summed E-state index contributed by atoms with van der Waals surface area (Å²) >= 11 is 0. The van der Waals surface area contributed by atoms with Gasteiger partial charge < -0.3 is 18.9 Å². The third-order valence-corrected chi connectivity index (χ3v) is 12.0. The molecule has 0 amide bonds. The Hall–Kier alpha value is -4.82. The molecule has 0 aromatic heterocycles. The maximum absolute atomic E-state index is 14.4. The molecule has 0 radical (unpaired) electrons. The highest BCUT2D eigenvalue weighted by Gasteiger charge is 2.34. The van der Waals surface area contributed by atoms with Crippen molar-refractivity contribution in [3.63, 3.8) is 0 Å². The molecule has 2 heterocycles. The second kappa shape index (κ2) is 14.6. The van der Waals surface area contributed by atoms with Gasteiger partial charge in [-0.3, -0.25) is 18.2 Å². The Morgan fingerprint density at radius 1 is 0.640 bits per heavy atom. The van der Waals surface area contributed by atoms with E-state index < -0.39 is 45.1 Å². The highest BCUT2D eigenvalue weighted by molar-refractivity contribution is 7.93. The third-order valence-electron chi connectivity index (χ3n) is 8.51. The second-order valence-electron chi connectivity index (χ2n) is 11.7. The molecule has 2 aliphatic rings. The number of anilines is 2. The van der Waals surface area contributed by atoms with Crippen LogP contribution in [0, 0.1) is 0 Å². The standard InChI is InChI=1S/C36H38N2O10S2/c1-3-45-35(39)23-37(49(41,42)27-13-17-33-25(21-27)9-7-19-47-33)31-15-16-32(30-12-6-5-11-29(30)31)38(24-36(40)46-4-2)50(43,44)28-14-18-34-26(22-28)10-8-20-48-34/h5-6,11-18,21-22H,3-4,7-10,19-20,23-24H2,1-2H3. The quantitative estimate of drug-likeness (QED) is 0.183. The van der Waals surface area contributed by atoms with Gasteiger partial charge in [0, 0.05) is 10.8 Å². The van der Waals surface area contributed by atoms with Crippen LogP contribution in [0.2, 0.25) is 0 Å². The molecule has 4 aromatic carbocycles. The van der Waals surface area contributed by atoms with Crippen LogP contribution in [-0.2, 0) is 52.0 Å². The van der Waals surface area contributed by atoms with Crippen LogP contribution in [0.4, 0.5) is 11.4 Å². The maximum Gasteiger partial charge on any atom is 0.326 e. The van der Waals surface area contributed by atoms with Crippen molar-refractivity contribution < 1.29 is 45.4 Å². The molecule has 0 spiro atoms. The van der Waals surface area contributed by atoms with Gasteiger partial charge in [0.05, 0.1) is 47.6 Å². The molecule has 14 heteroatoms. The zero-order chi connectivity index (χ0) is 35.5. The SMILES string of the molecule is CCOC(=O)CN(c1ccc(N(CC(=O)OCC)S(=O)(=O)c2ccc3c(c2)CCCO3)c2ccccc12)S(=O)(=O)c1ccc2c(c1)CCCO2. The first-order valence-electron chi connectivity index (χ1n) is 16.4. The summed E-state index contributed by atoms with van der Waals surface area (Å²) < 4.78 is 81.2. The highest BCUT2D eigenvalue weighted by Crippen LogP contribution is 2.40. The van der Waals surface area contributed by atoms with E-state index in [1.807, 2.05) is 0 Å². The van der Waals surface area contributed by atoms with Crippen molar-refractivity contribution >= 4 is 54.1 Å². The van der Waals surface area contributed by atoms with Gasteiger partial charge in [-0.05, 0) is 99.2 Å². The van der Waals surface area contributed by atoms with Gasteiger partial charge in [0.25, 0.3) is 20.0 Å². The Bertz CT molecular complexity index is 2000. The Morgan fingerprint density at radius 3 is 1.46 bits per heavy atom. The van der Waals surface area contributed by atoms with Crippen LogP contribution < -0.4 is 18.1 Å². The molecule has 0 saturated carbocycles. The molecule has 0 atom stereocenters. The topological polar surface area (TPSA) is 146 Å². The Kier molecular flexibility index (Phi) is 10.2. The Balaban J connectivity index is 1.50. The smallest absolute Gasteiger partial charge is 0.326 e. The number of esters is 2. The van der Waals surface area contributed by atoms with Gasteiger partial charge >= 0.3 is 11.9 Å². The van der Waals surface area contributed by atoms with E-state index in [2.05, 4.69) is 0 Å². The fourth-order valence-electron chi connectivity index (χ4n) is 6.20. The lowest BCUT2D eigenvalue weighted by atomic mass is 10.1. The van der Waals surface area contributed by atoms with E-state index in [-0.39, 0.29) is 34.4 Å². The summed E-state index contributed by atoms with van der Waals surface area (Å²) in [6.45, 7) is 3.12. The van der Waals surface area contributed by atoms with Crippen LogP contribution in [-0.4, -0.2) is 68.3 Å². The number of rotatable bonds is 12. The summed E-state index contributed by atoms with van der Waals surface area (Å²) in [6, 6.07) is 18.7. The van der Waals surface area contributed by atoms with Crippen molar-refractivity contribution in [1.82, 2.24) is 0 Å². The number of fused-ring (bicyclic) bond motifs is 3. The molecule has 0 bridgehead atoms. The highest BCUT2D eigenvalue weighted by atomic mass is 32.2. The number of carbonyl (C=O) groups excluding carboxylic acids is 2. The molecule has 2 aliphatic heterocycles. The van der Waals surface area contributed by atoms with Crippen LogP contribution in [0.5, 0.6) is 11.5 Å². The first-order chi connectivity index (χ1) is 24.0. The van der Waals surface area contributed by atoms with Crippen molar-refractivity contribution in [2.24, 2.45) is 0 Å². The lowest BCUT2D eigenvalue weighted by molar-refractivity contribution is -0.142. The molecule has 0 aliphatic carbocycles. The number of ether oxygens (including phenoxy) is 4. The summed E-state index contributed by atoms with van der Waals surface area (Å²) in [5.41, 5.74) is 1.71. The van der Waals surface area contributed by atoms with Crippen LogP contribution in [0.1, 0.15) is 37.8 Å². The Labute approximate surface area is 291 Å². The number of aryl methyl sites for hydroxylation is 2. The molecule has 0 unspecified atom stereocenters. The molecular formula is C36H38N2O10S2. The van der Waals surface area contributed by atoms with E-state index >= 15 is 0 Å². The monoisotopic (exact) mass is 722 g/mol. The van der Waals surface area contributed by atoms with Gasteiger partial charge in [0.1, 0.15) is 24.6 Å². The molecule has 12 nitrogen and oxygen atoms in total. The fraction of sp³-hybridized carbons (Fsp3) is 0.333. The van der Waals surface area contributed by atoms with E-state index in [0.29, 0.717) is 48.3 Å². The van der Waals surface area contributed by atoms with E-state index in [4.69, 9.17) is 18.9 Å². The molecule has 0 N–H and O–H groups in total. The lowest BCUT2D eigenvalue weighted by Gasteiger charge is -2.29. The number of carbonyl (C=O) groups is 2. The van der Waals surface area contributed by atoms with Gasteiger partial charge in [-0.15, -0.1) is 0 Å². The molecule has 4 aromatic rings. The summed E-state index contributed by atoms with van der Waals surface area (Å²) in [5, 5.41) is 0.643. The van der Waals surface area contributed by atoms with Crippen LogP contribution in [0.15, 0.2) is 82.6 Å². The maximum atomic E-state index is 14.4. The van der Waals surface area contributed by atoms with Crippen molar-refractivity contribution in [3.05, 3.63) is 83.9 Å². The molecule has 6 rings (SSSR count). The van der Waals surface area contributed by atoms with Gasteiger partial charge in [-0.2, -0.15) is 0 Å². The predicted octanol–water partition coefficient (Wildman–Crippen LogP) is 5.01. The molecule has 264 valence electrons. The first kappa shape index (κ1) is 35.0. The van der Waals surface area contributed by atoms with Crippen LogP contribution >= 0.6 is 0 Å². The van der Waals surface area contributed by atoms with Crippen molar-refractivity contribution in [2.75, 3.05) is 48.1 Å². The number of sulfonamides is 2. The number of nitrogens with zero attached hydrogens (tertiary/aromatic N) is 2. The van der Waals surface area contributed by atoms with E-state index in [1.165, 1.54) is 24.3 Å². The molecular weight excluding hydrogens is 685 g/mol. The van der Waals surface area contributed by atoms with E-state index in [9.17, 15) is 26.4 Å². The minimum atomic E-state index is -4.37. The summed E-state index contributed by atoms with van der Waals surface area (Å²) in [6.07, 6.45) is 2.74. The van der Waals surface area contributed by atoms with Gasteiger partial charge in [-0.1, -0.05) is 24.3 Å². The van der Waals surface area contributed by atoms with Crippen LogP contribution in [0.3, 0.4) is 0 Å².